The fraction of sp³-hybridized carbons (Fsp3) is 0.914. The number of esters is 2. The van der Waals surface area contributed by atoms with Crippen molar-refractivity contribution in [3.63, 3.8) is 0 Å². The van der Waals surface area contributed by atoms with E-state index in [-0.39, 0.29) is 32.2 Å². The molecule has 0 aliphatic heterocycles. The highest BCUT2D eigenvalue weighted by atomic mass is 16.7. The number of aliphatic carboxylic acids is 1. The maximum Gasteiger partial charge on any atom is 0.306 e. The molecule has 0 heterocycles. The van der Waals surface area contributed by atoms with Crippen LogP contribution in [-0.4, -0.2) is 82.3 Å². The number of likely N-dealkylation sites (N-methyl/N-ethyl adjacent to an activating group) is 1. The standard InChI is InChI=1S/C81H155NO8/c1-6-8-10-12-14-16-18-20-22-24-26-28-30-32-33-34-35-36-37-38-39-40-41-42-43-44-45-46-47-48-50-52-54-56-58-60-62-64-66-68-70-72-79(84)90-77(76-89-81(80(85)86)87-74-73-82(3,4)5)75-88-78(83)71-69-67-65-63-61-59-57-55-53-51-49-31-29-27-25-23-21-19-17-15-13-11-9-7-2/h18,20,24,26,77,81H,6-17,19,21-23,25,27-76H2,1-5H3/b20-18-,26-24-. The molecule has 0 saturated heterocycles. The molecule has 2 unspecified atom stereocenters. The lowest BCUT2D eigenvalue weighted by atomic mass is 10.0. The zero-order valence-corrected chi connectivity index (χ0v) is 61.1. The number of nitrogens with zero attached hydrogens (tertiary/aromatic N) is 1. The van der Waals surface area contributed by atoms with Crippen LogP contribution in [0, 0.1) is 0 Å². The Bertz CT molecular complexity index is 1530. The summed E-state index contributed by atoms with van der Waals surface area (Å²) in [5, 5.41) is 11.8. The minimum Gasteiger partial charge on any atom is -0.545 e. The van der Waals surface area contributed by atoms with Crippen LogP contribution in [0.15, 0.2) is 24.3 Å². The third kappa shape index (κ3) is 73.2. The summed E-state index contributed by atoms with van der Waals surface area (Å²) in [6.45, 7) is 4.83. The molecule has 9 heteroatoms. The quantitative estimate of drug-likeness (QED) is 0.0195. The number of unbranched alkanes of at least 4 members (excludes halogenated alkanes) is 57. The van der Waals surface area contributed by atoms with Crippen molar-refractivity contribution in [3.05, 3.63) is 24.3 Å². The molecule has 532 valence electrons. The summed E-state index contributed by atoms with van der Waals surface area (Å²) in [5.41, 5.74) is 0. The number of rotatable bonds is 76. The van der Waals surface area contributed by atoms with Gasteiger partial charge in [0.2, 0.25) is 0 Å². The summed E-state index contributed by atoms with van der Waals surface area (Å²) in [6, 6.07) is 0. The van der Waals surface area contributed by atoms with Crippen molar-refractivity contribution in [2.24, 2.45) is 0 Å². The molecule has 0 amide bonds. The summed E-state index contributed by atoms with van der Waals surface area (Å²) < 4.78 is 22.9. The lowest BCUT2D eigenvalue weighted by Crippen LogP contribution is -2.44. The van der Waals surface area contributed by atoms with Crippen LogP contribution in [0.4, 0.5) is 0 Å². The van der Waals surface area contributed by atoms with Crippen molar-refractivity contribution >= 4 is 17.9 Å². The maximum atomic E-state index is 13.0. The molecule has 0 rings (SSSR count). The SMILES string of the molecule is CCCCCCC/C=C\C/C=C\CCCCCCCCCCCCCCCCCCCCCCCCCCCCCCCC(=O)OC(COC(=O)CCCCCCCCCCCCCCCCCCCCCCCCCC)COC(OCC[N+](C)(C)C)C(=O)[O-]. The van der Waals surface area contributed by atoms with Crippen LogP contribution in [0.2, 0.25) is 0 Å². The Labute approximate surface area is 560 Å². The van der Waals surface area contributed by atoms with Gasteiger partial charge in [0.15, 0.2) is 12.4 Å². The highest BCUT2D eigenvalue weighted by molar-refractivity contribution is 5.70. The zero-order chi connectivity index (χ0) is 65.4. The molecule has 0 aliphatic carbocycles. The Morgan fingerprint density at radius 1 is 0.333 bits per heavy atom. The Balaban J connectivity index is 3.91. The number of carboxylic acids is 1. The highest BCUT2D eigenvalue weighted by Gasteiger charge is 2.22. The van der Waals surface area contributed by atoms with Crippen LogP contribution < -0.4 is 5.11 Å². The van der Waals surface area contributed by atoms with E-state index in [9.17, 15) is 19.5 Å². The molecule has 2 atom stereocenters. The first-order valence-corrected chi connectivity index (χ1v) is 40.0. The van der Waals surface area contributed by atoms with Crippen molar-refractivity contribution < 1.29 is 42.9 Å². The van der Waals surface area contributed by atoms with Crippen molar-refractivity contribution in [1.82, 2.24) is 0 Å². The molecular formula is C81H155NO8. The summed E-state index contributed by atoms with van der Waals surface area (Å²) in [4.78, 5) is 37.6. The highest BCUT2D eigenvalue weighted by Crippen LogP contribution is 2.20. The predicted octanol–water partition coefficient (Wildman–Crippen LogP) is 24.0. The van der Waals surface area contributed by atoms with Gasteiger partial charge in [0, 0.05) is 12.8 Å². The second-order valence-corrected chi connectivity index (χ2v) is 28.7. The second kappa shape index (κ2) is 72.6. The monoisotopic (exact) mass is 1270 g/mol. The number of hydrogen-bond donors (Lipinski definition) is 0. The van der Waals surface area contributed by atoms with Crippen LogP contribution in [-0.2, 0) is 33.3 Å². The normalized spacial score (nSPS) is 12.7. The Hall–Kier alpha value is -2.23. The van der Waals surface area contributed by atoms with E-state index in [0.29, 0.717) is 17.4 Å². The fourth-order valence-corrected chi connectivity index (χ4v) is 12.3. The van der Waals surface area contributed by atoms with Crippen LogP contribution >= 0.6 is 0 Å². The average molecular weight is 1270 g/mol. The van der Waals surface area contributed by atoms with Gasteiger partial charge in [0.25, 0.3) is 0 Å². The molecule has 0 aromatic rings. The molecule has 0 saturated carbocycles. The molecule has 0 fully saturated rings. The Morgan fingerprint density at radius 3 is 0.878 bits per heavy atom. The second-order valence-electron chi connectivity index (χ2n) is 28.7. The molecule has 0 aromatic heterocycles. The van der Waals surface area contributed by atoms with E-state index in [4.69, 9.17) is 18.9 Å². The van der Waals surface area contributed by atoms with Gasteiger partial charge in [-0.05, 0) is 44.9 Å². The van der Waals surface area contributed by atoms with Gasteiger partial charge in [-0.3, -0.25) is 9.59 Å². The average Bonchev–Trinajstić information content (AvgIpc) is 3.73. The largest absolute Gasteiger partial charge is 0.545 e. The van der Waals surface area contributed by atoms with E-state index >= 15 is 0 Å². The number of carbonyl (C=O) groups is 3. The first-order valence-electron chi connectivity index (χ1n) is 40.0. The lowest BCUT2D eigenvalue weighted by molar-refractivity contribution is -0.870. The van der Waals surface area contributed by atoms with Crippen LogP contribution in [0.5, 0.6) is 0 Å². The Morgan fingerprint density at radius 2 is 0.600 bits per heavy atom. The van der Waals surface area contributed by atoms with E-state index < -0.39 is 24.3 Å². The third-order valence-corrected chi connectivity index (χ3v) is 18.5. The summed E-state index contributed by atoms with van der Waals surface area (Å²) in [5.74, 6) is -2.24. The van der Waals surface area contributed by atoms with Crippen LogP contribution in [0.1, 0.15) is 418 Å². The van der Waals surface area contributed by atoms with E-state index in [1.807, 2.05) is 21.1 Å². The summed E-state index contributed by atoms with van der Waals surface area (Å²) >= 11 is 0. The summed E-state index contributed by atoms with van der Waals surface area (Å²) in [6.07, 6.45) is 88.9. The molecule has 0 radical (unpaired) electrons. The van der Waals surface area contributed by atoms with Gasteiger partial charge in [-0.25, -0.2) is 0 Å². The van der Waals surface area contributed by atoms with Gasteiger partial charge >= 0.3 is 11.9 Å². The summed E-state index contributed by atoms with van der Waals surface area (Å²) in [7, 11) is 5.95. The molecule has 0 spiro atoms. The van der Waals surface area contributed by atoms with Gasteiger partial charge < -0.3 is 33.3 Å². The van der Waals surface area contributed by atoms with Crippen molar-refractivity contribution in [2.75, 3.05) is 47.5 Å². The number of quaternary nitrogens is 1. The van der Waals surface area contributed by atoms with Crippen LogP contribution in [0.25, 0.3) is 0 Å². The van der Waals surface area contributed by atoms with E-state index in [1.165, 1.54) is 347 Å². The lowest BCUT2D eigenvalue weighted by Gasteiger charge is -2.26. The molecule has 90 heavy (non-hydrogen) atoms. The van der Waals surface area contributed by atoms with E-state index in [2.05, 4.69) is 38.2 Å². The van der Waals surface area contributed by atoms with Gasteiger partial charge in [-0.15, -0.1) is 0 Å². The van der Waals surface area contributed by atoms with Gasteiger partial charge in [0.05, 0.1) is 40.3 Å². The minimum atomic E-state index is -1.62. The first kappa shape index (κ1) is 87.8. The molecular weight excluding hydrogens is 1110 g/mol. The van der Waals surface area contributed by atoms with Crippen molar-refractivity contribution in [3.8, 4) is 0 Å². The van der Waals surface area contributed by atoms with E-state index in [0.717, 1.165) is 44.9 Å². The molecule has 0 bridgehead atoms. The number of carbonyl (C=O) groups excluding carboxylic acids is 3. The first-order chi connectivity index (χ1) is 44.1. The van der Waals surface area contributed by atoms with E-state index in [1.54, 1.807) is 0 Å². The number of carboxylic acid groups (broad SMARTS) is 1. The smallest absolute Gasteiger partial charge is 0.306 e. The van der Waals surface area contributed by atoms with Gasteiger partial charge in [-0.1, -0.05) is 385 Å². The number of ether oxygens (including phenoxy) is 4. The number of allylic oxidation sites excluding steroid dienone is 4. The van der Waals surface area contributed by atoms with Gasteiger partial charge in [0.1, 0.15) is 13.2 Å². The van der Waals surface area contributed by atoms with Crippen LogP contribution in [0.3, 0.4) is 0 Å². The molecule has 9 nitrogen and oxygen atoms in total. The minimum absolute atomic E-state index is 0.153. The predicted molar refractivity (Wildman–Crippen MR) is 385 cm³/mol. The third-order valence-electron chi connectivity index (χ3n) is 18.5. The topological polar surface area (TPSA) is 111 Å². The fourth-order valence-electron chi connectivity index (χ4n) is 12.3. The van der Waals surface area contributed by atoms with Crippen molar-refractivity contribution in [2.45, 2.75) is 431 Å². The van der Waals surface area contributed by atoms with Crippen molar-refractivity contribution in [1.29, 1.82) is 0 Å². The Kier molecular flexibility index (Phi) is 70.8. The molecule has 0 aliphatic rings. The number of hydrogen-bond acceptors (Lipinski definition) is 8. The maximum absolute atomic E-state index is 13.0. The van der Waals surface area contributed by atoms with Gasteiger partial charge in [-0.2, -0.15) is 0 Å². The molecule has 0 N–H and O–H groups in total. The zero-order valence-electron chi connectivity index (χ0n) is 61.1. The molecule has 0 aromatic carbocycles.